The summed E-state index contributed by atoms with van der Waals surface area (Å²) in [6, 6.07) is 6.44. The summed E-state index contributed by atoms with van der Waals surface area (Å²) in [5.74, 6) is 0.297. The molecule has 3 heterocycles. The topological polar surface area (TPSA) is 75.4 Å². The first-order valence-corrected chi connectivity index (χ1v) is 7.23. The number of carbonyl (C=O) groups excluding carboxylic acids is 2. The van der Waals surface area contributed by atoms with E-state index in [0.29, 0.717) is 18.8 Å². The third-order valence-electron chi connectivity index (χ3n) is 3.71. The van der Waals surface area contributed by atoms with Crippen LogP contribution in [0.15, 0.2) is 41.1 Å². The van der Waals surface area contributed by atoms with E-state index in [1.54, 1.807) is 29.3 Å². The third-order valence-corrected chi connectivity index (χ3v) is 3.71. The van der Waals surface area contributed by atoms with Crippen LogP contribution in [-0.4, -0.2) is 34.3 Å². The van der Waals surface area contributed by atoms with Crippen LogP contribution in [0.25, 0.3) is 0 Å². The fourth-order valence-corrected chi connectivity index (χ4v) is 2.64. The number of hydrogen-bond donors (Lipinski definition) is 1. The van der Waals surface area contributed by atoms with Crippen molar-refractivity contribution in [1.82, 2.24) is 9.88 Å². The van der Waals surface area contributed by atoms with Crippen LogP contribution >= 0.6 is 0 Å². The molecule has 1 fully saturated rings. The summed E-state index contributed by atoms with van der Waals surface area (Å²) in [6.45, 7) is 2.48. The molecular formula is C16H17N3O3. The summed E-state index contributed by atoms with van der Waals surface area (Å²) in [4.78, 5) is 30.5. The Morgan fingerprint density at radius 3 is 3.00 bits per heavy atom. The van der Waals surface area contributed by atoms with Gasteiger partial charge in [0.25, 0.3) is 5.91 Å². The number of amides is 2. The molecule has 1 saturated heterocycles. The molecule has 0 radical (unpaired) electrons. The second kappa shape index (κ2) is 6.01. The van der Waals surface area contributed by atoms with E-state index in [9.17, 15) is 9.59 Å². The van der Waals surface area contributed by atoms with Gasteiger partial charge in [-0.2, -0.15) is 0 Å². The average Bonchev–Trinajstić information content (AvgIpc) is 3.18. The first-order valence-electron chi connectivity index (χ1n) is 7.23. The van der Waals surface area contributed by atoms with Gasteiger partial charge in [-0.1, -0.05) is 0 Å². The van der Waals surface area contributed by atoms with E-state index in [4.69, 9.17) is 4.42 Å². The molecule has 0 bridgehead atoms. The van der Waals surface area contributed by atoms with E-state index in [0.717, 1.165) is 12.0 Å². The Bertz CT molecular complexity index is 682. The second-order valence-corrected chi connectivity index (χ2v) is 5.34. The quantitative estimate of drug-likeness (QED) is 0.943. The number of furan rings is 1. The molecule has 2 aromatic heterocycles. The van der Waals surface area contributed by atoms with Crippen LogP contribution in [0.3, 0.4) is 0 Å². The van der Waals surface area contributed by atoms with Crippen LogP contribution in [0.4, 0.5) is 5.82 Å². The molecule has 6 nitrogen and oxygen atoms in total. The standard InChI is InChI=1S/C16H17N3O3/c1-11-6-7-17-14(10-11)18-15(20)12-4-2-8-19(12)16(21)13-5-3-9-22-13/h3,5-7,9-10,12H,2,4,8H2,1H3,(H,17,18,20)/t12-/m1/s1. The molecule has 2 amide bonds. The van der Waals surface area contributed by atoms with Gasteiger partial charge in [-0.15, -0.1) is 0 Å². The van der Waals surface area contributed by atoms with E-state index >= 15 is 0 Å². The molecule has 1 aliphatic rings. The van der Waals surface area contributed by atoms with Crippen LogP contribution in [0, 0.1) is 6.92 Å². The van der Waals surface area contributed by atoms with Gasteiger partial charge < -0.3 is 14.6 Å². The van der Waals surface area contributed by atoms with Crippen LogP contribution in [0.1, 0.15) is 29.0 Å². The first kappa shape index (κ1) is 14.3. The third kappa shape index (κ3) is 2.86. The zero-order valence-electron chi connectivity index (χ0n) is 12.3. The molecule has 114 valence electrons. The Labute approximate surface area is 128 Å². The number of aryl methyl sites for hydroxylation is 1. The highest BCUT2D eigenvalue weighted by molar-refractivity contribution is 6.00. The van der Waals surface area contributed by atoms with Gasteiger partial charge >= 0.3 is 0 Å². The molecule has 0 saturated carbocycles. The maximum atomic E-state index is 12.4. The molecule has 0 spiro atoms. The lowest BCUT2D eigenvalue weighted by atomic mass is 10.2. The number of aromatic nitrogens is 1. The molecule has 1 N–H and O–H groups in total. The number of carbonyl (C=O) groups is 2. The molecule has 0 unspecified atom stereocenters. The largest absolute Gasteiger partial charge is 0.459 e. The minimum absolute atomic E-state index is 0.212. The maximum Gasteiger partial charge on any atom is 0.290 e. The van der Waals surface area contributed by atoms with Gasteiger partial charge in [0.2, 0.25) is 5.91 Å². The van der Waals surface area contributed by atoms with Crippen LogP contribution in [0.2, 0.25) is 0 Å². The highest BCUT2D eigenvalue weighted by Gasteiger charge is 2.35. The summed E-state index contributed by atoms with van der Waals surface area (Å²) < 4.78 is 5.13. The molecule has 0 aliphatic carbocycles. The fraction of sp³-hybridized carbons (Fsp3) is 0.312. The molecule has 3 rings (SSSR count). The molecule has 6 heteroatoms. The zero-order chi connectivity index (χ0) is 15.5. The average molecular weight is 299 g/mol. The van der Waals surface area contributed by atoms with E-state index < -0.39 is 6.04 Å². The van der Waals surface area contributed by atoms with Crippen molar-refractivity contribution in [2.24, 2.45) is 0 Å². The Hall–Kier alpha value is -2.63. The second-order valence-electron chi connectivity index (χ2n) is 5.34. The summed E-state index contributed by atoms with van der Waals surface area (Å²) in [5, 5.41) is 2.78. The summed E-state index contributed by atoms with van der Waals surface area (Å²) in [7, 11) is 0. The molecule has 1 aliphatic heterocycles. The van der Waals surface area contributed by atoms with Gasteiger partial charge in [0.05, 0.1) is 6.26 Å². The normalized spacial score (nSPS) is 17.5. The molecular weight excluding hydrogens is 282 g/mol. The monoisotopic (exact) mass is 299 g/mol. The predicted octanol–water partition coefficient (Wildman–Crippen LogP) is 2.23. The number of nitrogens with zero attached hydrogens (tertiary/aromatic N) is 2. The van der Waals surface area contributed by atoms with Gasteiger partial charge in [-0.05, 0) is 49.6 Å². The van der Waals surface area contributed by atoms with Crippen molar-refractivity contribution >= 4 is 17.6 Å². The Morgan fingerprint density at radius 1 is 1.41 bits per heavy atom. The van der Waals surface area contributed by atoms with Crippen molar-refractivity contribution in [3.05, 3.63) is 48.0 Å². The first-order chi connectivity index (χ1) is 10.6. The van der Waals surface area contributed by atoms with Gasteiger partial charge in [0, 0.05) is 12.7 Å². The van der Waals surface area contributed by atoms with Crippen molar-refractivity contribution in [3.8, 4) is 0 Å². The highest BCUT2D eigenvalue weighted by Crippen LogP contribution is 2.21. The molecule has 22 heavy (non-hydrogen) atoms. The predicted molar refractivity (Wildman–Crippen MR) is 80.4 cm³/mol. The summed E-state index contributed by atoms with van der Waals surface area (Å²) in [6.07, 6.45) is 4.54. The summed E-state index contributed by atoms with van der Waals surface area (Å²) >= 11 is 0. The van der Waals surface area contributed by atoms with Crippen molar-refractivity contribution in [1.29, 1.82) is 0 Å². The maximum absolute atomic E-state index is 12.4. The van der Waals surface area contributed by atoms with Gasteiger partial charge in [-0.25, -0.2) is 4.98 Å². The molecule has 0 aromatic carbocycles. The van der Waals surface area contributed by atoms with Crippen LogP contribution in [0.5, 0.6) is 0 Å². The van der Waals surface area contributed by atoms with Crippen molar-refractivity contribution in [2.45, 2.75) is 25.8 Å². The van der Waals surface area contributed by atoms with Gasteiger partial charge in [0.1, 0.15) is 11.9 Å². The van der Waals surface area contributed by atoms with E-state index in [1.807, 2.05) is 13.0 Å². The van der Waals surface area contributed by atoms with Crippen molar-refractivity contribution < 1.29 is 14.0 Å². The lowest BCUT2D eigenvalue weighted by Crippen LogP contribution is -2.43. The number of anilines is 1. The van der Waals surface area contributed by atoms with Gasteiger partial charge in [0.15, 0.2) is 5.76 Å². The number of nitrogens with one attached hydrogen (secondary N) is 1. The van der Waals surface area contributed by atoms with Crippen LogP contribution < -0.4 is 5.32 Å². The zero-order valence-corrected chi connectivity index (χ0v) is 12.3. The van der Waals surface area contributed by atoms with Gasteiger partial charge in [-0.3, -0.25) is 9.59 Å². The number of hydrogen-bond acceptors (Lipinski definition) is 4. The smallest absolute Gasteiger partial charge is 0.290 e. The van der Waals surface area contributed by atoms with Crippen molar-refractivity contribution in [3.63, 3.8) is 0 Å². The Morgan fingerprint density at radius 2 is 2.27 bits per heavy atom. The SMILES string of the molecule is Cc1ccnc(NC(=O)[C@H]2CCCN2C(=O)c2ccco2)c1. The van der Waals surface area contributed by atoms with E-state index in [1.165, 1.54) is 6.26 Å². The van der Waals surface area contributed by atoms with Crippen molar-refractivity contribution in [2.75, 3.05) is 11.9 Å². The number of rotatable bonds is 3. The highest BCUT2D eigenvalue weighted by atomic mass is 16.3. The van der Waals surface area contributed by atoms with E-state index in [-0.39, 0.29) is 17.6 Å². The van der Waals surface area contributed by atoms with Crippen LogP contribution in [-0.2, 0) is 4.79 Å². The Balaban J connectivity index is 1.72. The number of likely N-dealkylation sites (tertiary alicyclic amines) is 1. The number of pyridine rings is 1. The minimum atomic E-state index is -0.486. The molecule has 2 aromatic rings. The fourth-order valence-electron chi connectivity index (χ4n) is 2.64. The lowest BCUT2D eigenvalue weighted by Gasteiger charge is -2.22. The molecule has 1 atom stereocenters. The van der Waals surface area contributed by atoms with E-state index in [2.05, 4.69) is 10.3 Å². The minimum Gasteiger partial charge on any atom is -0.459 e. The lowest BCUT2D eigenvalue weighted by molar-refractivity contribution is -0.119. The Kier molecular flexibility index (Phi) is 3.91. The summed E-state index contributed by atoms with van der Waals surface area (Å²) in [5.41, 5.74) is 1.01.